The molecule has 2 bridgehead atoms. The fourth-order valence-electron chi connectivity index (χ4n) is 3.86. The zero-order chi connectivity index (χ0) is 15.7. The average molecular weight is 320 g/mol. The number of methoxy groups -OCH3 is 2. The lowest BCUT2D eigenvalue weighted by Gasteiger charge is -2.25. The highest BCUT2D eigenvalue weighted by molar-refractivity contribution is 7.80. The first-order chi connectivity index (χ1) is 10.6. The van der Waals surface area contributed by atoms with Crippen molar-refractivity contribution in [3.05, 3.63) is 17.7 Å². The van der Waals surface area contributed by atoms with Crippen LogP contribution in [0.25, 0.3) is 0 Å². The summed E-state index contributed by atoms with van der Waals surface area (Å²) >= 11 is 5.49. The molecule has 2 saturated carbocycles. The fourth-order valence-corrected chi connectivity index (χ4v) is 4.12. The van der Waals surface area contributed by atoms with Gasteiger partial charge in [0, 0.05) is 17.8 Å². The molecular formula is C17H24N2O2S. The molecule has 0 spiro atoms. The maximum atomic E-state index is 5.49. The van der Waals surface area contributed by atoms with E-state index in [2.05, 4.69) is 10.6 Å². The normalized spacial score (nSPS) is 25.9. The Morgan fingerprint density at radius 1 is 1.14 bits per heavy atom. The molecule has 5 heteroatoms. The van der Waals surface area contributed by atoms with Crippen molar-refractivity contribution < 1.29 is 9.47 Å². The minimum Gasteiger partial charge on any atom is -0.493 e. The van der Waals surface area contributed by atoms with Gasteiger partial charge in [0.1, 0.15) is 0 Å². The Balaban J connectivity index is 1.66. The number of ether oxygens (including phenoxy) is 2. The van der Waals surface area contributed by atoms with Gasteiger partial charge in [-0.3, -0.25) is 0 Å². The van der Waals surface area contributed by atoms with E-state index in [-0.39, 0.29) is 0 Å². The molecule has 120 valence electrons. The largest absolute Gasteiger partial charge is 0.493 e. The number of benzene rings is 1. The van der Waals surface area contributed by atoms with Crippen LogP contribution in [-0.2, 0) is 0 Å². The third-order valence-corrected chi connectivity index (χ3v) is 5.25. The van der Waals surface area contributed by atoms with Crippen LogP contribution in [0, 0.1) is 18.8 Å². The first-order valence-corrected chi connectivity index (χ1v) is 8.31. The van der Waals surface area contributed by atoms with Gasteiger partial charge in [0.2, 0.25) is 0 Å². The number of aryl methyl sites for hydroxylation is 1. The summed E-state index contributed by atoms with van der Waals surface area (Å²) in [6, 6.07) is 4.43. The molecule has 1 aromatic carbocycles. The number of thiocarbonyl (C=S) groups is 1. The molecule has 1 aromatic rings. The van der Waals surface area contributed by atoms with Gasteiger partial charge < -0.3 is 20.1 Å². The van der Waals surface area contributed by atoms with Gasteiger partial charge in [-0.2, -0.15) is 0 Å². The number of fused-ring (bicyclic) bond motifs is 2. The van der Waals surface area contributed by atoms with Gasteiger partial charge in [-0.05, 0) is 61.9 Å². The van der Waals surface area contributed by atoms with Gasteiger partial charge in [0.25, 0.3) is 0 Å². The Kier molecular flexibility index (Phi) is 4.43. The molecule has 22 heavy (non-hydrogen) atoms. The number of anilines is 1. The van der Waals surface area contributed by atoms with Crippen LogP contribution in [0.4, 0.5) is 5.69 Å². The Hall–Kier alpha value is -1.49. The van der Waals surface area contributed by atoms with Gasteiger partial charge in [-0.25, -0.2) is 0 Å². The summed E-state index contributed by atoms with van der Waals surface area (Å²) in [6.45, 7) is 2.03. The minimum absolute atomic E-state index is 0.541. The Morgan fingerprint density at radius 3 is 2.45 bits per heavy atom. The molecule has 0 amide bonds. The highest BCUT2D eigenvalue weighted by atomic mass is 32.1. The SMILES string of the molecule is COc1cc(C)c(NC(=S)NC2CC3CCC2C3)cc1OC. The molecule has 2 N–H and O–H groups in total. The van der Waals surface area contributed by atoms with Gasteiger partial charge in [-0.15, -0.1) is 0 Å². The van der Waals surface area contributed by atoms with Crippen molar-refractivity contribution in [3.8, 4) is 11.5 Å². The predicted octanol–water partition coefficient (Wildman–Crippen LogP) is 3.49. The van der Waals surface area contributed by atoms with Crippen LogP contribution in [0.2, 0.25) is 0 Å². The van der Waals surface area contributed by atoms with Crippen LogP contribution in [0.15, 0.2) is 12.1 Å². The summed E-state index contributed by atoms with van der Waals surface area (Å²) in [5, 5.41) is 7.51. The van der Waals surface area contributed by atoms with Crippen molar-refractivity contribution in [1.82, 2.24) is 5.32 Å². The van der Waals surface area contributed by atoms with Gasteiger partial charge in [0.05, 0.1) is 14.2 Å². The van der Waals surface area contributed by atoms with Gasteiger partial charge in [-0.1, -0.05) is 6.42 Å². The average Bonchev–Trinajstić information content (AvgIpc) is 3.11. The molecule has 0 heterocycles. The molecule has 0 saturated heterocycles. The third kappa shape index (κ3) is 3.00. The highest BCUT2D eigenvalue weighted by Gasteiger charge is 2.39. The highest BCUT2D eigenvalue weighted by Crippen LogP contribution is 2.44. The lowest BCUT2D eigenvalue weighted by Crippen LogP contribution is -2.40. The molecule has 3 atom stereocenters. The van der Waals surface area contributed by atoms with Crippen LogP contribution in [-0.4, -0.2) is 25.4 Å². The zero-order valence-corrected chi connectivity index (χ0v) is 14.3. The summed E-state index contributed by atoms with van der Waals surface area (Å²) in [5.74, 6) is 3.15. The monoisotopic (exact) mass is 320 g/mol. The van der Waals surface area contributed by atoms with E-state index in [9.17, 15) is 0 Å². The van der Waals surface area contributed by atoms with Crippen molar-refractivity contribution in [3.63, 3.8) is 0 Å². The van der Waals surface area contributed by atoms with Crippen molar-refractivity contribution in [2.24, 2.45) is 11.8 Å². The van der Waals surface area contributed by atoms with E-state index in [1.165, 1.54) is 25.7 Å². The van der Waals surface area contributed by atoms with E-state index < -0.39 is 0 Å². The van der Waals surface area contributed by atoms with Crippen LogP contribution in [0.3, 0.4) is 0 Å². The van der Waals surface area contributed by atoms with Crippen molar-refractivity contribution in [2.75, 3.05) is 19.5 Å². The lowest BCUT2D eigenvalue weighted by atomic mass is 9.95. The van der Waals surface area contributed by atoms with E-state index in [4.69, 9.17) is 21.7 Å². The van der Waals surface area contributed by atoms with Crippen molar-refractivity contribution in [1.29, 1.82) is 0 Å². The molecule has 4 nitrogen and oxygen atoms in total. The van der Waals surface area contributed by atoms with E-state index in [1.54, 1.807) is 14.2 Å². The Morgan fingerprint density at radius 2 is 1.86 bits per heavy atom. The first kappa shape index (κ1) is 15.4. The summed E-state index contributed by atoms with van der Waals surface area (Å²) in [5.41, 5.74) is 2.04. The quantitative estimate of drug-likeness (QED) is 0.831. The molecule has 0 aliphatic heterocycles. The second-order valence-electron chi connectivity index (χ2n) is 6.40. The van der Waals surface area contributed by atoms with Crippen molar-refractivity contribution in [2.45, 2.75) is 38.6 Å². The van der Waals surface area contributed by atoms with Crippen LogP contribution in [0.5, 0.6) is 11.5 Å². The summed E-state index contributed by atoms with van der Waals surface area (Å²) < 4.78 is 10.7. The molecule has 3 rings (SSSR count). The topological polar surface area (TPSA) is 42.5 Å². The number of hydrogen-bond donors (Lipinski definition) is 2. The molecule has 0 aromatic heterocycles. The Labute approximate surface area is 137 Å². The lowest BCUT2D eigenvalue weighted by molar-refractivity contribution is 0.355. The second kappa shape index (κ2) is 6.32. The molecule has 0 radical (unpaired) electrons. The molecule has 2 fully saturated rings. The first-order valence-electron chi connectivity index (χ1n) is 7.91. The van der Waals surface area contributed by atoms with E-state index in [1.807, 2.05) is 19.1 Å². The fraction of sp³-hybridized carbons (Fsp3) is 0.588. The minimum atomic E-state index is 0.541. The molecule has 2 aliphatic rings. The van der Waals surface area contributed by atoms with E-state index >= 15 is 0 Å². The van der Waals surface area contributed by atoms with Gasteiger partial charge >= 0.3 is 0 Å². The van der Waals surface area contributed by atoms with Crippen molar-refractivity contribution >= 4 is 23.0 Å². The summed E-state index contributed by atoms with van der Waals surface area (Å²) in [7, 11) is 3.29. The van der Waals surface area contributed by atoms with Crippen LogP contribution in [0.1, 0.15) is 31.2 Å². The maximum absolute atomic E-state index is 5.49. The van der Waals surface area contributed by atoms with E-state index in [0.717, 1.165) is 28.8 Å². The summed E-state index contributed by atoms with van der Waals surface area (Å²) in [6.07, 6.45) is 5.38. The van der Waals surface area contributed by atoms with Crippen LogP contribution >= 0.6 is 12.2 Å². The molecule has 2 aliphatic carbocycles. The van der Waals surface area contributed by atoms with Gasteiger partial charge in [0.15, 0.2) is 16.6 Å². The summed E-state index contributed by atoms with van der Waals surface area (Å²) in [4.78, 5) is 0. The smallest absolute Gasteiger partial charge is 0.171 e. The predicted molar refractivity (Wildman–Crippen MR) is 92.9 cm³/mol. The van der Waals surface area contributed by atoms with E-state index in [0.29, 0.717) is 16.9 Å². The molecular weight excluding hydrogens is 296 g/mol. The second-order valence-corrected chi connectivity index (χ2v) is 6.81. The number of rotatable bonds is 4. The maximum Gasteiger partial charge on any atom is 0.171 e. The zero-order valence-electron chi connectivity index (χ0n) is 13.4. The third-order valence-electron chi connectivity index (χ3n) is 5.03. The number of hydrogen-bond acceptors (Lipinski definition) is 3. The number of nitrogens with one attached hydrogen (secondary N) is 2. The van der Waals surface area contributed by atoms with Crippen LogP contribution < -0.4 is 20.1 Å². The standard InChI is InChI=1S/C17H24N2O2S/c1-10-6-15(20-2)16(21-3)9-13(10)18-17(22)19-14-8-11-4-5-12(14)7-11/h6,9,11-12,14H,4-5,7-8H2,1-3H3,(H2,18,19,22). The Bertz CT molecular complexity index is 576. The molecule has 3 unspecified atom stereocenters.